The maximum absolute atomic E-state index is 16.8. The van der Waals surface area contributed by atoms with E-state index in [0.29, 0.717) is 53.3 Å². The predicted molar refractivity (Wildman–Crippen MR) is 229 cm³/mol. The summed E-state index contributed by atoms with van der Waals surface area (Å²) in [5, 5.41) is 3.98. The standard InChI is InChI=1S/C43H48F5N9O5S2/c1-40(2,3)62-39(59)56-20-25-11-12-26(21-56)57(25)38-51-34(27-7-5-10-30(33(27)45)53-64(60,61)36-28(43(46,47)48)8-6-9-29(36)44)35(63-38)31-13-14-49-37(50-31)52-42-22-41(23-42,24-42)19-32(58)55-17-15-54(4)16-18-55/h5-10,13-14,25-26,53H,11-12,15-24H2,1-4H3,(H,49,50,52). The van der Waals surface area contributed by atoms with Crippen LogP contribution >= 0.6 is 11.3 Å². The van der Waals surface area contributed by atoms with E-state index in [0.717, 1.165) is 70.4 Å². The van der Waals surface area contributed by atoms with Crippen LogP contribution in [-0.4, -0.2) is 120 Å². The summed E-state index contributed by atoms with van der Waals surface area (Å²) in [7, 11) is -3.28. The summed E-state index contributed by atoms with van der Waals surface area (Å²) in [5.74, 6) is -2.33. The zero-order valence-electron chi connectivity index (χ0n) is 35.6. The van der Waals surface area contributed by atoms with Crippen LogP contribution in [0, 0.1) is 17.0 Å². The van der Waals surface area contributed by atoms with Gasteiger partial charge < -0.3 is 29.7 Å². The SMILES string of the molecule is CN1CCN(C(=O)CC23CC(Nc4nccc(-c5sc(N6C7CCC6CN(C(=O)OC(C)(C)C)C7)nc5-c5cccc(NS(=O)(=O)c6c(F)cccc6C(F)(F)F)c5F)n4)(C2)C3)CC1. The molecular formula is C43H48F5N9O5S2. The fourth-order valence-corrected chi connectivity index (χ4v) is 12.6. The minimum atomic E-state index is -5.32. The van der Waals surface area contributed by atoms with Gasteiger partial charge in [0.2, 0.25) is 11.9 Å². The number of anilines is 3. The van der Waals surface area contributed by atoms with E-state index in [9.17, 15) is 35.6 Å². The highest BCUT2D eigenvalue weighted by molar-refractivity contribution is 7.92. The maximum atomic E-state index is 16.8. The van der Waals surface area contributed by atoms with Gasteiger partial charge in [-0.15, -0.1) is 0 Å². The van der Waals surface area contributed by atoms with Gasteiger partial charge in [0, 0.05) is 75.1 Å². The second-order valence-electron chi connectivity index (χ2n) is 18.8. The Morgan fingerprint density at radius 1 is 0.922 bits per heavy atom. The van der Waals surface area contributed by atoms with Gasteiger partial charge in [-0.3, -0.25) is 9.52 Å². The molecule has 3 aliphatic carbocycles. The molecule has 0 spiro atoms. The van der Waals surface area contributed by atoms with Crippen LogP contribution in [0.4, 0.5) is 43.5 Å². The van der Waals surface area contributed by atoms with E-state index in [1.54, 1.807) is 37.9 Å². The Morgan fingerprint density at radius 3 is 2.25 bits per heavy atom. The van der Waals surface area contributed by atoms with Gasteiger partial charge in [0.15, 0.2) is 10.9 Å². The number of likely N-dealkylation sites (tertiary alicyclic amines) is 1. The fraction of sp³-hybridized carbons (Fsp3) is 0.512. The Morgan fingerprint density at radius 2 is 1.59 bits per heavy atom. The number of nitrogens with zero attached hydrogens (tertiary/aromatic N) is 7. The highest BCUT2D eigenvalue weighted by atomic mass is 32.2. The van der Waals surface area contributed by atoms with Gasteiger partial charge in [0.25, 0.3) is 10.0 Å². The van der Waals surface area contributed by atoms with Gasteiger partial charge in [-0.05, 0) is 95.7 Å². The van der Waals surface area contributed by atoms with Crippen molar-refractivity contribution < 1.29 is 44.7 Å². The molecule has 4 aromatic rings. The first kappa shape index (κ1) is 44.1. The third-order valence-electron chi connectivity index (χ3n) is 12.8. The van der Waals surface area contributed by atoms with Crippen molar-refractivity contribution in [3.63, 3.8) is 0 Å². The molecule has 2 atom stereocenters. The summed E-state index contributed by atoms with van der Waals surface area (Å²) in [4.78, 5) is 47.2. The number of nitrogens with one attached hydrogen (secondary N) is 2. The van der Waals surface area contributed by atoms with E-state index in [1.165, 1.54) is 23.5 Å². The van der Waals surface area contributed by atoms with Crippen LogP contribution in [-0.2, 0) is 25.7 Å². The van der Waals surface area contributed by atoms with Crippen molar-refractivity contribution in [3.05, 3.63) is 65.9 Å². The summed E-state index contributed by atoms with van der Waals surface area (Å²) in [6, 6.07) is 6.76. The Hall–Kier alpha value is -5.15. The van der Waals surface area contributed by atoms with Gasteiger partial charge in [0.05, 0.1) is 27.5 Å². The number of halogens is 5. The fourth-order valence-electron chi connectivity index (χ4n) is 10.1. The van der Waals surface area contributed by atoms with Gasteiger partial charge in [-0.25, -0.2) is 36.9 Å². The normalized spacial score (nSPS) is 24.5. The van der Waals surface area contributed by atoms with Gasteiger partial charge in [0.1, 0.15) is 16.3 Å². The second kappa shape index (κ2) is 15.8. The molecule has 2 aromatic carbocycles. The van der Waals surface area contributed by atoms with Gasteiger partial charge in [-0.2, -0.15) is 13.2 Å². The highest BCUT2D eigenvalue weighted by Crippen LogP contribution is 2.70. The van der Waals surface area contributed by atoms with Crippen molar-refractivity contribution in [2.75, 3.05) is 61.3 Å². The van der Waals surface area contributed by atoms with Crippen molar-refractivity contribution >= 4 is 50.1 Å². The Labute approximate surface area is 371 Å². The smallest absolute Gasteiger partial charge is 0.417 e. The number of alkyl halides is 3. The number of carbonyl (C=O) groups is 2. The van der Waals surface area contributed by atoms with Crippen molar-refractivity contribution in [1.82, 2.24) is 29.7 Å². The Bertz CT molecular complexity index is 2580. The number of carbonyl (C=O) groups excluding carboxylic acids is 2. The molecule has 2 N–H and O–H groups in total. The van der Waals surface area contributed by atoms with Crippen LogP contribution in [0.2, 0.25) is 0 Å². The van der Waals surface area contributed by atoms with Crippen molar-refractivity contribution in [1.29, 1.82) is 0 Å². The molecule has 10 rings (SSSR count). The molecule has 4 bridgehead atoms. The van der Waals surface area contributed by atoms with E-state index in [1.807, 2.05) is 16.7 Å². The number of rotatable bonds is 10. The molecule has 2 unspecified atom stereocenters. The molecular weight excluding hydrogens is 882 g/mol. The first-order valence-corrected chi connectivity index (χ1v) is 23.4. The van der Waals surface area contributed by atoms with Crippen LogP contribution in [0.15, 0.2) is 53.6 Å². The monoisotopic (exact) mass is 929 g/mol. The number of hydrogen-bond donors (Lipinski definition) is 2. The number of ether oxygens (including phenoxy) is 1. The molecule has 64 heavy (non-hydrogen) atoms. The first-order chi connectivity index (χ1) is 30.1. The maximum Gasteiger partial charge on any atom is 0.417 e. The molecule has 21 heteroatoms. The third-order valence-corrected chi connectivity index (χ3v) is 15.3. The lowest BCUT2D eigenvalue weighted by Crippen LogP contribution is -2.71. The lowest BCUT2D eigenvalue weighted by molar-refractivity contribution is -0.157. The van der Waals surface area contributed by atoms with Crippen molar-refractivity contribution in [2.45, 2.75) is 93.6 Å². The summed E-state index contributed by atoms with van der Waals surface area (Å²) < 4.78 is 108. The number of piperazine rings is 2. The van der Waals surface area contributed by atoms with Gasteiger partial charge >= 0.3 is 12.3 Å². The van der Waals surface area contributed by atoms with Crippen LogP contribution in [0.1, 0.15) is 64.9 Å². The topological polar surface area (TPSA) is 153 Å². The number of fused-ring (bicyclic) bond motifs is 2. The number of sulfonamides is 1. The summed E-state index contributed by atoms with van der Waals surface area (Å²) >= 11 is 1.23. The number of likely N-dealkylation sites (N-methyl/N-ethyl adjacent to an activating group) is 1. The van der Waals surface area contributed by atoms with Gasteiger partial charge in [-0.1, -0.05) is 23.5 Å². The average Bonchev–Trinajstić information content (AvgIpc) is 3.73. The number of amides is 2. The number of hydrogen-bond acceptors (Lipinski definition) is 12. The van der Waals surface area contributed by atoms with E-state index in [-0.39, 0.29) is 40.2 Å². The first-order valence-electron chi connectivity index (χ1n) is 21.1. The molecule has 6 aliphatic rings. The lowest BCUT2D eigenvalue weighted by atomic mass is 9.38. The molecule has 2 amide bonds. The number of aromatic nitrogens is 3. The van der Waals surface area contributed by atoms with E-state index in [4.69, 9.17) is 14.7 Å². The molecule has 5 heterocycles. The molecule has 0 radical (unpaired) electrons. The molecule has 2 aromatic heterocycles. The molecule has 6 fully saturated rings. The van der Waals surface area contributed by atoms with Crippen molar-refractivity contribution in [3.8, 4) is 21.8 Å². The minimum absolute atomic E-state index is 0.0672. The Kier molecular flexibility index (Phi) is 10.9. The minimum Gasteiger partial charge on any atom is -0.444 e. The largest absolute Gasteiger partial charge is 0.444 e. The second-order valence-corrected chi connectivity index (χ2v) is 21.4. The molecule has 3 aliphatic heterocycles. The average molecular weight is 930 g/mol. The van der Waals surface area contributed by atoms with Crippen molar-refractivity contribution in [2.24, 2.45) is 5.41 Å². The zero-order chi connectivity index (χ0) is 45.6. The zero-order valence-corrected chi connectivity index (χ0v) is 37.3. The molecule has 342 valence electrons. The molecule has 3 saturated heterocycles. The van der Waals surface area contributed by atoms with E-state index in [2.05, 4.69) is 20.1 Å². The van der Waals surface area contributed by atoms with Crippen LogP contribution < -0.4 is 14.9 Å². The number of benzene rings is 2. The van der Waals surface area contributed by atoms with Crippen LogP contribution in [0.5, 0.6) is 0 Å². The Balaban J connectivity index is 1.02. The highest BCUT2D eigenvalue weighted by Gasteiger charge is 2.68. The quantitative estimate of drug-likeness (QED) is 0.153. The summed E-state index contributed by atoms with van der Waals surface area (Å²) in [6.07, 6.45) is 0.219. The van der Waals surface area contributed by atoms with E-state index < -0.39 is 55.7 Å². The lowest BCUT2D eigenvalue weighted by Gasteiger charge is -2.70. The molecule has 3 saturated carbocycles. The summed E-state index contributed by atoms with van der Waals surface area (Å²) in [5.41, 5.74) is -3.26. The third kappa shape index (κ3) is 8.34. The van der Waals surface area contributed by atoms with Crippen LogP contribution in [0.3, 0.4) is 0 Å². The predicted octanol–water partition coefficient (Wildman–Crippen LogP) is 7.45. The molecule has 14 nitrogen and oxygen atoms in total. The van der Waals surface area contributed by atoms with Crippen LogP contribution in [0.25, 0.3) is 21.8 Å². The van der Waals surface area contributed by atoms with E-state index >= 15 is 4.39 Å². The summed E-state index contributed by atoms with van der Waals surface area (Å²) in [6.45, 7) is 9.24. The number of thiazole rings is 1.